The van der Waals surface area contributed by atoms with Crippen LogP contribution in [0.25, 0.3) is 0 Å². The zero-order chi connectivity index (χ0) is 24.5. The molecule has 3 aromatic rings. The number of carbonyl (C=O) groups excluding carboxylic acids is 2. The molecule has 2 N–H and O–H groups in total. The molecule has 176 valence electrons. The first-order chi connectivity index (χ1) is 16.4. The molecule has 0 aliphatic carbocycles. The predicted molar refractivity (Wildman–Crippen MR) is 136 cm³/mol. The minimum atomic E-state index is -0.864. The number of hydrogen-bond acceptors (Lipinski definition) is 5. The SMILES string of the molecule is CCOc1cc(/C=N\NC(=O)C(=O)Nc2cccc(C)c2C)ccc1OCc1ccc(Br)cc1. The molecule has 8 heteroatoms. The van der Waals surface area contributed by atoms with E-state index in [-0.39, 0.29) is 0 Å². The molecule has 0 aliphatic rings. The van der Waals surface area contributed by atoms with E-state index in [1.165, 1.54) is 6.21 Å². The lowest BCUT2D eigenvalue weighted by Crippen LogP contribution is -2.32. The third-order valence-corrected chi connectivity index (χ3v) is 5.54. The van der Waals surface area contributed by atoms with E-state index in [1.807, 2.05) is 57.2 Å². The molecule has 0 saturated carbocycles. The second kappa shape index (κ2) is 12.0. The third-order valence-electron chi connectivity index (χ3n) is 5.01. The van der Waals surface area contributed by atoms with Crippen molar-refractivity contribution in [2.75, 3.05) is 11.9 Å². The topological polar surface area (TPSA) is 89.0 Å². The van der Waals surface area contributed by atoms with Crippen LogP contribution in [0.4, 0.5) is 5.69 Å². The Hall–Kier alpha value is -3.65. The van der Waals surface area contributed by atoms with E-state index in [9.17, 15) is 9.59 Å². The summed E-state index contributed by atoms with van der Waals surface area (Å²) in [6.45, 7) is 6.55. The van der Waals surface area contributed by atoms with Crippen molar-refractivity contribution < 1.29 is 19.1 Å². The number of halogens is 1. The molecule has 0 radical (unpaired) electrons. The molecular weight excluding hydrogens is 498 g/mol. The van der Waals surface area contributed by atoms with Gasteiger partial charge < -0.3 is 14.8 Å². The summed E-state index contributed by atoms with van der Waals surface area (Å²) in [7, 11) is 0. The Morgan fingerprint density at radius 1 is 0.971 bits per heavy atom. The molecule has 0 atom stereocenters. The third kappa shape index (κ3) is 6.92. The highest BCUT2D eigenvalue weighted by Crippen LogP contribution is 2.29. The number of anilines is 1. The summed E-state index contributed by atoms with van der Waals surface area (Å²) in [6, 6.07) is 18.7. The molecule has 0 aliphatic heterocycles. The van der Waals surface area contributed by atoms with Crippen LogP contribution in [0.3, 0.4) is 0 Å². The largest absolute Gasteiger partial charge is 0.490 e. The Morgan fingerprint density at radius 3 is 2.47 bits per heavy atom. The van der Waals surface area contributed by atoms with Gasteiger partial charge >= 0.3 is 11.8 Å². The highest BCUT2D eigenvalue weighted by molar-refractivity contribution is 9.10. The van der Waals surface area contributed by atoms with Crippen LogP contribution in [0.5, 0.6) is 11.5 Å². The standard InChI is InChI=1S/C26H26BrN3O4/c1-4-33-24-14-20(10-13-23(24)34-16-19-8-11-21(27)12-9-19)15-28-30-26(32)25(31)29-22-7-5-6-17(2)18(22)3/h5-15H,4,16H2,1-3H3,(H,29,31)(H,30,32)/b28-15-. The summed E-state index contributed by atoms with van der Waals surface area (Å²) in [4.78, 5) is 24.3. The molecule has 2 amide bonds. The number of nitrogens with zero attached hydrogens (tertiary/aromatic N) is 1. The monoisotopic (exact) mass is 523 g/mol. The van der Waals surface area contributed by atoms with Gasteiger partial charge in [0.05, 0.1) is 12.8 Å². The lowest BCUT2D eigenvalue weighted by molar-refractivity contribution is -0.136. The quantitative estimate of drug-likeness (QED) is 0.243. The van der Waals surface area contributed by atoms with Gasteiger partial charge in [-0.2, -0.15) is 5.10 Å². The zero-order valence-electron chi connectivity index (χ0n) is 19.2. The molecular formula is C26H26BrN3O4. The molecule has 0 fully saturated rings. The number of benzene rings is 3. The van der Waals surface area contributed by atoms with Gasteiger partial charge in [-0.1, -0.05) is 40.2 Å². The Kier molecular flexibility index (Phi) is 8.81. The predicted octanol–water partition coefficient (Wildman–Crippen LogP) is 5.13. The first kappa shape index (κ1) is 25.0. The van der Waals surface area contributed by atoms with Gasteiger partial charge in [0.1, 0.15) is 6.61 Å². The van der Waals surface area contributed by atoms with Crippen LogP contribution in [0.1, 0.15) is 29.2 Å². The van der Waals surface area contributed by atoms with E-state index in [4.69, 9.17) is 9.47 Å². The van der Waals surface area contributed by atoms with Crippen LogP contribution >= 0.6 is 15.9 Å². The average Bonchev–Trinajstić information content (AvgIpc) is 2.82. The van der Waals surface area contributed by atoms with E-state index in [1.54, 1.807) is 24.3 Å². The maximum atomic E-state index is 12.2. The molecule has 3 rings (SSSR count). The summed E-state index contributed by atoms with van der Waals surface area (Å²) >= 11 is 3.42. The minimum Gasteiger partial charge on any atom is -0.490 e. The number of hydrazone groups is 1. The van der Waals surface area contributed by atoms with Crippen LogP contribution in [-0.2, 0) is 16.2 Å². The molecule has 3 aromatic carbocycles. The molecule has 0 heterocycles. The summed E-state index contributed by atoms with van der Waals surface area (Å²) < 4.78 is 12.6. The maximum absolute atomic E-state index is 12.2. The minimum absolute atomic E-state index is 0.395. The lowest BCUT2D eigenvalue weighted by Gasteiger charge is -2.12. The van der Waals surface area contributed by atoms with Gasteiger partial charge in [0.15, 0.2) is 11.5 Å². The fourth-order valence-corrected chi connectivity index (χ4v) is 3.28. The summed E-state index contributed by atoms with van der Waals surface area (Å²) in [5, 5.41) is 6.49. The van der Waals surface area contributed by atoms with Crippen molar-refractivity contribution in [3.8, 4) is 11.5 Å². The highest BCUT2D eigenvalue weighted by atomic mass is 79.9. The van der Waals surface area contributed by atoms with Crippen molar-refractivity contribution in [1.29, 1.82) is 0 Å². The van der Waals surface area contributed by atoms with Gasteiger partial charge in [-0.25, -0.2) is 5.43 Å². The average molecular weight is 524 g/mol. The first-order valence-electron chi connectivity index (χ1n) is 10.7. The summed E-state index contributed by atoms with van der Waals surface area (Å²) in [5.74, 6) is -0.504. The normalized spacial score (nSPS) is 10.7. The van der Waals surface area contributed by atoms with Crippen LogP contribution in [-0.4, -0.2) is 24.6 Å². The zero-order valence-corrected chi connectivity index (χ0v) is 20.8. The van der Waals surface area contributed by atoms with Crippen molar-refractivity contribution in [2.24, 2.45) is 5.10 Å². The van der Waals surface area contributed by atoms with E-state index in [0.717, 1.165) is 21.2 Å². The second-order valence-corrected chi connectivity index (χ2v) is 8.37. The van der Waals surface area contributed by atoms with E-state index < -0.39 is 11.8 Å². The maximum Gasteiger partial charge on any atom is 0.329 e. The lowest BCUT2D eigenvalue weighted by atomic mass is 10.1. The van der Waals surface area contributed by atoms with Crippen molar-refractivity contribution in [3.05, 3.63) is 87.4 Å². The molecule has 0 aromatic heterocycles. The Balaban J connectivity index is 1.60. The smallest absolute Gasteiger partial charge is 0.329 e. The molecule has 0 saturated heterocycles. The fourth-order valence-electron chi connectivity index (χ4n) is 3.02. The van der Waals surface area contributed by atoms with Crippen molar-refractivity contribution in [2.45, 2.75) is 27.4 Å². The van der Waals surface area contributed by atoms with E-state index in [0.29, 0.717) is 36.0 Å². The number of nitrogens with one attached hydrogen (secondary N) is 2. The summed E-state index contributed by atoms with van der Waals surface area (Å²) in [5.41, 5.74) is 6.45. The van der Waals surface area contributed by atoms with Crippen molar-refractivity contribution in [3.63, 3.8) is 0 Å². The van der Waals surface area contributed by atoms with Gasteiger partial charge in [-0.3, -0.25) is 9.59 Å². The van der Waals surface area contributed by atoms with E-state index in [2.05, 4.69) is 31.8 Å². The van der Waals surface area contributed by atoms with Gasteiger partial charge in [0, 0.05) is 10.2 Å². The number of ether oxygens (including phenoxy) is 2. The van der Waals surface area contributed by atoms with Crippen LogP contribution in [0.2, 0.25) is 0 Å². The Bertz CT molecular complexity index is 1190. The molecule has 34 heavy (non-hydrogen) atoms. The van der Waals surface area contributed by atoms with Crippen LogP contribution < -0.4 is 20.2 Å². The van der Waals surface area contributed by atoms with Gasteiger partial charge in [0.25, 0.3) is 0 Å². The highest BCUT2D eigenvalue weighted by Gasteiger charge is 2.14. The second-order valence-electron chi connectivity index (χ2n) is 7.46. The van der Waals surface area contributed by atoms with Gasteiger partial charge in [-0.15, -0.1) is 0 Å². The number of rotatable bonds is 8. The molecule has 0 bridgehead atoms. The van der Waals surface area contributed by atoms with Gasteiger partial charge in [-0.05, 0) is 79.4 Å². The Labute approximate surface area is 207 Å². The number of hydrogen-bond donors (Lipinski definition) is 2. The Morgan fingerprint density at radius 2 is 1.74 bits per heavy atom. The van der Waals surface area contributed by atoms with Crippen LogP contribution in [0, 0.1) is 13.8 Å². The molecule has 0 spiro atoms. The number of carbonyl (C=O) groups is 2. The van der Waals surface area contributed by atoms with Gasteiger partial charge in [0.2, 0.25) is 0 Å². The first-order valence-corrected chi connectivity index (χ1v) is 11.5. The number of aryl methyl sites for hydroxylation is 1. The summed E-state index contributed by atoms with van der Waals surface area (Å²) in [6.07, 6.45) is 1.43. The van der Waals surface area contributed by atoms with Crippen molar-refractivity contribution >= 4 is 39.6 Å². The number of amides is 2. The molecule has 0 unspecified atom stereocenters. The van der Waals surface area contributed by atoms with Crippen LogP contribution in [0.15, 0.2) is 70.2 Å². The van der Waals surface area contributed by atoms with E-state index >= 15 is 0 Å². The van der Waals surface area contributed by atoms with Crippen molar-refractivity contribution in [1.82, 2.24) is 5.43 Å². The fraction of sp³-hybridized carbons (Fsp3) is 0.192. The molecule has 7 nitrogen and oxygen atoms in total.